The van der Waals surface area contributed by atoms with Crippen molar-refractivity contribution in [1.29, 1.82) is 0 Å². The molecule has 0 aliphatic carbocycles. The molecule has 2 nitrogen and oxygen atoms in total. The first-order valence-electron chi connectivity index (χ1n) is 6.61. The molecular weight excluding hydrogens is 248 g/mol. The lowest BCUT2D eigenvalue weighted by molar-refractivity contribution is 0.394. The van der Waals surface area contributed by atoms with Crippen molar-refractivity contribution in [1.82, 2.24) is 0 Å². The van der Waals surface area contributed by atoms with Gasteiger partial charge in [-0.25, -0.2) is 0 Å². The van der Waals surface area contributed by atoms with Crippen LogP contribution in [0.15, 0.2) is 36.4 Å². The maximum atomic E-state index is 5.39. The van der Waals surface area contributed by atoms with Crippen LogP contribution >= 0.6 is 0 Å². The van der Waals surface area contributed by atoms with E-state index < -0.39 is 0 Å². The van der Waals surface area contributed by atoms with Crippen LogP contribution in [0, 0.1) is 13.8 Å². The van der Waals surface area contributed by atoms with Crippen LogP contribution in [-0.4, -0.2) is 14.2 Å². The second kappa shape index (κ2) is 6.29. The van der Waals surface area contributed by atoms with Crippen LogP contribution in [-0.2, 0) is 0 Å². The van der Waals surface area contributed by atoms with Gasteiger partial charge >= 0.3 is 0 Å². The molecule has 20 heavy (non-hydrogen) atoms. The molecule has 0 amide bonds. The number of ether oxygens (including phenoxy) is 2. The van der Waals surface area contributed by atoms with Crippen LogP contribution < -0.4 is 9.47 Å². The molecule has 0 saturated heterocycles. The maximum absolute atomic E-state index is 5.39. The summed E-state index contributed by atoms with van der Waals surface area (Å²) in [5.41, 5.74) is 4.83. The van der Waals surface area contributed by atoms with Gasteiger partial charge in [0.25, 0.3) is 0 Å². The van der Waals surface area contributed by atoms with E-state index in [1.54, 1.807) is 14.2 Å². The molecule has 0 aliphatic rings. The number of hydrogen-bond donors (Lipinski definition) is 0. The summed E-state index contributed by atoms with van der Waals surface area (Å²) in [6.07, 6.45) is 4.15. The highest BCUT2D eigenvalue weighted by Gasteiger charge is 2.02. The van der Waals surface area contributed by atoms with Gasteiger partial charge in [-0.15, -0.1) is 0 Å². The Morgan fingerprint density at radius 3 is 2.25 bits per heavy atom. The van der Waals surface area contributed by atoms with E-state index in [1.807, 2.05) is 18.2 Å². The molecule has 0 heterocycles. The molecule has 104 valence electrons. The van der Waals surface area contributed by atoms with E-state index in [9.17, 15) is 0 Å². The van der Waals surface area contributed by atoms with E-state index >= 15 is 0 Å². The van der Waals surface area contributed by atoms with Crippen molar-refractivity contribution in [2.45, 2.75) is 13.8 Å². The Hall–Kier alpha value is -2.22. The molecule has 0 saturated carbocycles. The lowest BCUT2D eigenvalue weighted by Crippen LogP contribution is -1.89. The monoisotopic (exact) mass is 268 g/mol. The van der Waals surface area contributed by atoms with Crippen LogP contribution in [0.5, 0.6) is 11.5 Å². The molecule has 0 aromatic heterocycles. The molecule has 0 radical (unpaired) electrons. The van der Waals surface area contributed by atoms with Gasteiger partial charge in [-0.2, -0.15) is 0 Å². The van der Waals surface area contributed by atoms with E-state index in [2.05, 4.69) is 44.2 Å². The number of benzene rings is 2. The Bertz CT molecular complexity index is 627. The van der Waals surface area contributed by atoms with E-state index in [-0.39, 0.29) is 0 Å². The summed E-state index contributed by atoms with van der Waals surface area (Å²) < 4.78 is 10.6. The van der Waals surface area contributed by atoms with Crippen molar-refractivity contribution < 1.29 is 9.47 Å². The van der Waals surface area contributed by atoms with Crippen molar-refractivity contribution in [2.24, 2.45) is 0 Å². The average molecular weight is 268 g/mol. The standard InChI is InChI=1S/C18H20O2/c1-13-5-6-15(11-14(13)2)7-8-16-9-10-17(19-3)12-18(16)20-4/h5-12H,1-4H3/b8-7+. The largest absolute Gasteiger partial charge is 0.497 e. The molecule has 0 unspecified atom stereocenters. The second-order valence-corrected chi connectivity index (χ2v) is 4.78. The molecule has 0 fully saturated rings. The van der Waals surface area contributed by atoms with E-state index in [0.29, 0.717) is 0 Å². The fraction of sp³-hybridized carbons (Fsp3) is 0.222. The lowest BCUT2D eigenvalue weighted by Gasteiger charge is -2.07. The minimum absolute atomic E-state index is 0.796. The Labute approximate surface area is 120 Å². The predicted octanol–water partition coefficient (Wildman–Crippen LogP) is 4.49. The maximum Gasteiger partial charge on any atom is 0.129 e. The average Bonchev–Trinajstić information content (AvgIpc) is 2.48. The normalized spacial score (nSPS) is 10.8. The summed E-state index contributed by atoms with van der Waals surface area (Å²) in [5.74, 6) is 1.61. The van der Waals surface area contributed by atoms with Crippen LogP contribution in [0.2, 0.25) is 0 Å². The molecule has 0 bridgehead atoms. The van der Waals surface area contributed by atoms with Crippen molar-refractivity contribution in [3.8, 4) is 11.5 Å². The summed E-state index contributed by atoms with van der Waals surface area (Å²) in [6.45, 7) is 4.25. The van der Waals surface area contributed by atoms with Crippen molar-refractivity contribution >= 4 is 12.2 Å². The quantitative estimate of drug-likeness (QED) is 0.761. The number of rotatable bonds is 4. The fourth-order valence-electron chi connectivity index (χ4n) is 2.01. The van der Waals surface area contributed by atoms with Crippen molar-refractivity contribution in [3.63, 3.8) is 0 Å². The van der Waals surface area contributed by atoms with Gasteiger partial charge in [0.2, 0.25) is 0 Å². The first-order chi connectivity index (χ1) is 9.63. The zero-order valence-corrected chi connectivity index (χ0v) is 12.4. The van der Waals surface area contributed by atoms with E-state index in [0.717, 1.165) is 17.1 Å². The Morgan fingerprint density at radius 2 is 1.60 bits per heavy atom. The molecule has 0 N–H and O–H groups in total. The Balaban J connectivity index is 2.28. The molecule has 2 aromatic rings. The van der Waals surface area contributed by atoms with Crippen molar-refractivity contribution in [3.05, 3.63) is 58.7 Å². The number of hydrogen-bond acceptors (Lipinski definition) is 2. The second-order valence-electron chi connectivity index (χ2n) is 4.78. The summed E-state index contributed by atoms with van der Waals surface area (Å²) in [5, 5.41) is 0. The highest BCUT2D eigenvalue weighted by atomic mass is 16.5. The SMILES string of the molecule is COc1ccc(/C=C/c2ccc(C)c(C)c2)c(OC)c1. The molecule has 0 spiro atoms. The van der Waals surface area contributed by atoms with E-state index in [4.69, 9.17) is 9.47 Å². The van der Waals surface area contributed by atoms with Gasteiger partial charge in [-0.1, -0.05) is 30.4 Å². The van der Waals surface area contributed by atoms with Crippen LogP contribution in [0.3, 0.4) is 0 Å². The van der Waals surface area contributed by atoms with Crippen LogP contribution in [0.1, 0.15) is 22.3 Å². The Kier molecular flexibility index (Phi) is 4.46. The summed E-state index contributed by atoms with van der Waals surface area (Å²) in [7, 11) is 3.32. The highest BCUT2D eigenvalue weighted by molar-refractivity contribution is 5.73. The first-order valence-corrected chi connectivity index (χ1v) is 6.61. The zero-order chi connectivity index (χ0) is 14.5. The number of aryl methyl sites for hydroxylation is 2. The highest BCUT2D eigenvalue weighted by Crippen LogP contribution is 2.26. The molecule has 0 atom stereocenters. The number of methoxy groups -OCH3 is 2. The van der Waals surface area contributed by atoms with Gasteiger partial charge in [0.1, 0.15) is 11.5 Å². The minimum Gasteiger partial charge on any atom is -0.497 e. The topological polar surface area (TPSA) is 18.5 Å². The molecule has 2 heteroatoms. The lowest BCUT2D eigenvalue weighted by atomic mass is 10.1. The van der Waals surface area contributed by atoms with Gasteiger partial charge in [-0.05, 0) is 42.7 Å². The minimum atomic E-state index is 0.796. The van der Waals surface area contributed by atoms with Gasteiger partial charge in [0.15, 0.2) is 0 Å². The predicted molar refractivity (Wildman–Crippen MR) is 84.4 cm³/mol. The summed E-state index contributed by atoms with van der Waals surface area (Å²) >= 11 is 0. The van der Waals surface area contributed by atoms with Gasteiger partial charge in [0, 0.05) is 11.6 Å². The molecule has 2 rings (SSSR count). The first kappa shape index (κ1) is 14.2. The van der Waals surface area contributed by atoms with Crippen LogP contribution in [0.4, 0.5) is 0 Å². The third-order valence-corrected chi connectivity index (χ3v) is 3.43. The third kappa shape index (κ3) is 3.21. The molecule has 0 aliphatic heterocycles. The van der Waals surface area contributed by atoms with E-state index in [1.165, 1.54) is 16.7 Å². The third-order valence-electron chi connectivity index (χ3n) is 3.43. The smallest absolute Gasteiger partial charge is 0.129 e. The fourth-order valence-corrected chi connectivity index (χ4v) is 2.01. The molecule has 2 aromatic carbocycles. The van der Waals surface area contributed by atoms with Gasteiger partial charge in [-0.3, -0.25) is 0 Å². The zero-order valence-electron chi connectivity index (χ0n) is 12.4. The Morgan fingerprint density at radius 1 is 0.800 bits per heavy atom. The summed E-state index contributed by atoms with van der Waals surface area (Å²) in [6, 6.07) is 12.3. The molecular formula is C18H20O2. The van der Waals surface area contributed by atoms with Gasteiger partial charge in [0.05, 0.1) is 14.2 Å². The van der Waals surface area contributed by atoms with Crippen LogP contribution in [0.25, 0.3) is 12.2 Å². The summed E-state index contributed by atoms with van der Waals surface area (Å²) in [4.78, 5) is 0. The van der Waals surface area contributed by atoms with Crippen molar-refractivity contribution in [2.75, 3.05) is 14.2 Å². The van der Waals surface area contributed by atoms with Gasteiger partial charge < -0.3 is 9.47 Å².